The minimum atomic E-state index is -0.469. The van der Waals surface area contributed by atoms with Gasteiger partial charge in [-0.1, -0.05) is 42.5 Å². The number of fused-ring (bicyclic) bond motifs is 2. The third-order valence-electron chi connectivity index (χ3n) is 5.87. The summed E-state index contributed by atoms with van der Waals surface area (Å²) in [5.74, 6) is 0. The highest BCUT2D eigenvalue weighted by molar-refractivity contribution is 5.83. The highest BCUT2D eigenvalue weighted by Gasteiger charge is 2.23. The van der Waals surface area contributed by atoms with Gasteiger partial charge >= 0.3 is 0 Å². The number of nitro groups is 1. The summed E-state index contributed by atoms with van der Waals surface area (Å²) in [6, 6.07) is 20.4. The van der Waals surface area contributed by atoms with Gasteiger partial charge in [0.15, 0.2) is 0 Å². The van der Waals surface area contributed by atoms with Gasteiger partial charge in [-0.25, -0.2) is 0 Å². The lowest BCUT2D eigenvalue weighted by Crippen LogP contribution is -2.30. The van der Waals surface area contributed by atoms with Gasteiger partial charge in [0.25, 0.3) is 11.2 Å². The maximum atomic E-state index is 13.2. The van der Waals surface area contributed by atoms with E-state index in [1.807, 2.05) is 24.3 Å². The van der Waals surface area contributed by atoms with Crippen LogP contribution in [0.15, 0.2) is 71.5 Å². The molecule has 31 heavy (non-hydrogen) atoms. The van der Waals surface area contributed by atoms with Crippen LogP contribution in [0.25, 0.3) is 16.5 Å². The smallest absolute Gasteiger partial charge is 0.295 e. The fourth-order valence-electron chi connectivity index (χ4n) is 4.26. The second-order valence-electron chi connectivity index (χ2n) is 7.72. The number of benzene rings is 3. The second-order valence-corrected chi connectivity index (χ2v) is 7.72. The number of anilines is 1. The third-order valence-corrected chi connectivity index (χ3v) is 5.87. The van der Waals surface area contributed by atoms with Crippen LogP contribution in [0.2, 0.25) is 0 Å². The molecule has 0 amide bonds. The van der Waals surface area contributed by atoms with Gasteiger partial charge in [-0.3, -0.25) is 14.9 Å². The Bertz CT molecular complexity index is 1390. The van der Waals surface area contributed by atoms with Gasteiger partial charge in [0.1, 0.15) is 5.69 Å². The number of aromatic nitrogens is 2. The number of nitro benzene ring substituents is 1. The van der Waals surface area contributed by atoms with Crippen LogP contribution in [0.3, 0.4) is 0 Å². The van der Waals surface area contributed by atoms with E-state index in [0.29, 0.717) is 17.6 Å². The average Bonchev–Trinajstić information content (AvgIpc) is 2.80. The average molecular weight is 412 g/mol. The van der Waals surface area contributed by atoms with Gasteiger partial charge < -0.3 is 4.90 Å². The highest BCUT2D eigenvalue weighted by Crippen LogP contribution is 2.31. The van der Waals surface area contributed by atoms with Crippen LogP contribution in [0.5, 0.6) is 0 Å². The summed E-state index contributed by atoms with van der Waals surface area (Å²) in [5, 5.41) is 17.4. The first kappa shape index (κ1) is 19.0. The Kier molecular flexibility index (Phi) is 4.51. The van der Waals surface area contributed by atoms with Crippen LogP contribution in [0, 0.1) is 17.0 Å². The van der Waals surface area contributed by atoms with E-state index in [2.05, 4.69) is 22.1 Å². The zero-order valence-corrected chi connectivity index (χ0v) is 17.0. The van der Waals surface area contributed by atoms with E-state index in [1.54, 1.807) is 31.2 Å². The summed E-state index contributed by atoms with van der Waals surface area (Å²) in [5.41, 5.74) is 3.70. The van der Waals surface area contributed by atoms with Gasteiger partial charge in [-0.05, 0) is 42.7 Å². The minimum absolute atomic E-state index is 0.148. The molecule has 0 atom stereocenters. The molecule has 0 saturated carbocycles. The van der Waals surface area contributed by atoms with Crippen LogP contribution in [0.1, 0.15) is 16.8 Å². The minimum Gasteiger partial charge on any atom is -0.367 e. The van der Waals surface area contributed by atoms with E-state index in [1.165, 1.54) is 17.2 Å². The number of aryl methyl sites for hydroxylation is 1. The quantitative estimate of drug-likeness (QED) is 0.373. The molecule has 1 aliphatic rings. The summed E-state index contributed by atoms with van der Waals surface area (Å²) in [6.45, 7) is 3.31. The van der Waals surface area contributed by atoms with Crippen LogP contribution < -0.4 is 10.5 Å². The molecule has 7 nitrogen and oxygen atoms in total. The van der Waals surface area contributed by atoms with E-state index >= 15 is 0 Å². The molecule has 0 unspecified atom stereocenters. The van der Waals surface area contributed by atoms with Gasteiger partial charge in [-0.2, -0.15) is 9.78 Å². The Balaban J connectivity index is 1.66. The summed E-state index contributed by atoms with van der Waals surface area (Å²) in [6.07, 6.45) is 0.899. The van der Waals surface area contributed by atoms with Gasteiger partial charge in [0, 0.05) is 30.2 Å². The van der Waals surface area contributed by atoms with Crippen LogP contribution in [-0.2, 0) is 13.0 Å². The van der Waals surface area contributed by atoms with E-state index in [-0.39, 0.29) is 16.9 Å². The molecule has 1 aliphatic heterocycles. The zero-order chi connectivity index (χ0) is 21.5. The molecule has 0 aliphatic carbocycles. The molecule has 0 fully saturated rings. The Morgan fingerprint density at radius 3 is 2.45 bits per heavy atom. The monoisotopic (exact) mass is 412 g/mol. The molecule has 1 aromatic heterocycles. The first-order valence-electron chi connectivity index (χ1n) is 10.1. The number of rotatable bonds is 3. The maximum absolute atomic E-state index is 13.2. The summed E-state index contributed by atoms with van der Waals surface area (Å²) in [4.78, 5) is 26.6. The topological polar surface area (TPSA) is 81.3 Å². The number of hydrogen-bond donors (Lipinski definition) is 0. The van der Waals surface area contributed by atoms with Crippen molar-refractivity contribution >= 4 is 22.1 Å². The maximum Gasteiger partial charge on any atom is 0.295 e. The lowest BCUT2D eigenvalue weighted by molar-refractivity contribution is -0.384. The molecule has 0 radical (unpaired) electrons. The first-order valence-corrected chi connectivity index (χ1v) is 10.1. The number of hydrogen-bond acceptors (Lipinski definition) is 5. The van der Waals surface area contributed by atoms with Gasteiger partial charge in [-0.15, -0.1) is 0 Å². The van der Waals surface area contributed by atoms with Crippen molar-refractivity contribution in [1.82, 2.24) is 9.78 Å². The largest absolute Gasteiger partial charge is 0.367 e. The van der Waals surface area contributed by atoms with E-state index in [9.17, 15) is 14.9 Å². The molecule has 0 bridgehead atoms. The fourth-order valence-corrected chi connectivity index (χ4v) is 4.26. The Labute approximate surface area is 178 Å². The molecular weight excluding hydrogens is 392 g/mol. The molecule has 0 spiro atoms. The van der Waals surface area contributed by atoms with Crippen LogP contribution >= 0.6 is 0 Å². The van der Waals surface area contributed by atoms with E-state index in [0.717, 1.165) is 28.7 Å². The van der Waals surface area contributed by atoms with Crippen LogP contribution in [0.4, 0.5) is 11.4 Å². The third kappa shape index (κ3) is 3.24. The zero-order valence-electron chi connectivity index (χ0n) is 17.0. The SMILES string of the molecule is Cc1nn(-c2cc(N3CCc4ccccc4C3)ccc2[N+](=O)[O-])c(=O)c2ccccc12. The van der Waals surface area contributed by atoms with Crippen molar-refractivity contribution in [3.05, 3.63) is 104 Å². The molecular formula is C24H20N4O3. The molecule has 4 aromatic rings. The fraction of sp³-hybridized carbons (Fsp3) is 0.167. The second kappa shape index (κ2) is 7.36. The number of nitrogens with zero attached hydrogens (tertiary/aromatic N) is 4. The summed E-state index contributed by atoms with van der Waals surface area (Å²) in [7, 11) is 0. The molecule has 5 rings (SSSR count). The lowest BCUT2D eigenvalue weighted by Gasteiger charge is -2.31. The first-order chi connectivity index (χ1) is 15.0. The molecule has 2 heterocycles. The van der Waals surface area contributed by atoms with Gasteiger partial charge in [0.05, 0.1) is 16.0 Å². The molecule has 7 heteroatoms. The van der Waals surface area contributed by atoms with Crippen molar-refractivity contribution in [3.8, 4) is 5.69 Å². The predicted molar refractivity (Wildman–Crippen MR) is 120 cm³/mol. The Morgan fingerprint density at radius 2 is 1.68 bits per heavy atom. The molecule has 3 aromatic carbocycles. The van der Waals surface area contributed by atoms with E-state index in [4.69, 9.17) is 0 Å². The normalized spacial score (nSPS) is 13.3. The highest BCUT2D eigenvalue weighted by atomic mass is 16.6. The summed E-state index contributed by atoms with van der Waals surface area (Å²) >= 11 is 0. The van der Waals surface area contributed by atoms with Crippen molar-refractivity contribution < 1.29 is 4.92 Å². The van der Waals surface area contributed by atoms with Crippen molar-refractivity contribution in [2.24, 2.45) is 0 Å². The van der Waals surface area contributed by atoms with Crippen molar-refractivity contribution in [1.29, 1.82) is 0 Å². The summed E-state index contributed by atoms with van der Waals surface area (Å²) < 4.78 is 1.16. The van der Waals surface area contributed by atoms with Crippen molar-refractivity contribution in [2.75, 3.05) is 11.4 Å². The van der Waals surface area contributed by atoms with Gasteiger partial charge in [0.2, 0.25) is 0 Å². The molecule has 0 N–H and O–H groups in total. The standard InChI is InChI=1S/C24H20N4O3/c1-16-20-8-4-5-9-21(20)24(29)27(25-16)23-14-19(10-11-22(23)28(30)31)26-13-12-17-6-2-3-7-18(17)15-26/h2-11,14H,12-13,15H2,1H3. The lowest BCUT2D eigenvalue weighted by atomic mass is 9.99. The van der Waals surface area contributed by atoms with Crippen LogP contribution in [-0.4, -0.2) is 21.2 Å². The van der Waals surface area contributed by atoms with Crippen molar-refractivity contribution in [3.63, 3.8) is 0 Å². The molecule has 0 saturated heterocycles. The molecule has 154 valence electrons. The van der Waals surface area contributed by atoms with E-state index < -0.39 is 4.92 Å². The Hall–Kier alpha value is -4.00. The predicted octanol–water partition coefficient (Wildman–Crippen LogP) is 4.17. The van der Waals surface area contributed by atoms with Crippen molar-refractivity contribution in [2.45, 2.75) is 19.9 Å². The Morgan fingerprint density at radius 1 is 0.968 bits per heavy atom.